The van der Waals surface area contributed by atoms with E-state index < -0.39 is 0 Å². The number of piperidine rings is 1. The molecule has 5 nitrogen and oxygen atoms in total. The molecule has 2 fully saturated rings. The van der Waals surface area contributed by atoms with Gasteiger partial charge in [0.15, 0.2) is 0 Å². The second-order valence-corrected chi connectivity index (χ2v) is 6.38. The first-order valence-electron chi connectivity index (χ1n) is 8.37. The van der Waals surface area contributed by atoms with Gasteiger partial charge in [-0.15, -0.1) is 5.10 Å². The van der Waals surface area contributed by atoms with E-state index in [9.17, 15) is 0 Å². The Kier molecular flexibility index (Phi) is 3.58. The largest absolute Gasteiger partial charge is 0.372 e. The monoisotopic (exact) mass is 297 g/mol. The zero-order chi connectivity index (χ0) is 14.9. The second-order valence-electron chi connectivity index (χ2n) is 6.38. The first-order valence-corrected chi connectivity index (χ1v) is 8.37. The molecular weight excluding hydrogens is 274 g/mol. The molecule has 2 N–H and O–H groups in total. The van der Waals surface area contributed by atoms with Gasteiger partial charge in [-0.25, -0.2) is 4.68 Å². The van der Waals surface area contributed by atoms with Crippen LogP contribution in [0.5, 0.6) is 0 Å². The Morgan fingerprint density at radius 1 is 1.00 bits per heavy atom. The Labute approximate surface area is 131 Å². The predicted molar refractivity (Wildman–Crippen MR) is 87.3 cm³/mol. The normalized spacial score (nSPS) is 18.7. The molecule has 116 valence electrons. The SMILES string of the molecule is NCc1nnn(-c2ccc(N3CCCCC3)cc2)c1C1CC1. The zero-order valence-electron chi connectivity index (χ0n) is 12.9. The van der Waals surface area contributed by atoms with Crippen molar-refractivity contribution in [3.63, 3.8) is 0 Å². The summed E-state index contributed by atoms with van der Waals surface area (Å²) in [5.74, 6) is 0.593. The van der Waals surface area contributed by atoms with Gasteiger partial charge in [-0.05, 0) is 56.4 Å². The van der Waals surface area contributed by atoms with E-state index in [1.54, 1.807) is 0 Å². The van der Waals surface area contributed by atoms with Crippen LogP contribution in [0.15, 0.2) is 24.3 Å². The lowest BCUT2D eigenvalue weighted by atomic mass is 10.1. The van der Waals surface area contributed by atoms with Crippen LogP contribution in [0.25, 0.3) is 5.69 Å². The van der Waals surface area contributed by atoms with Crippen molar-refractivity contribution in [1.82, 2.24) is 15.0 Å². The van der Waals surface area contributed by atoms with Gasteiger partial charge >= 0.3 is 0 Å². The maximum atomic E-state index is 5.81. The Bertz CT molecular complexity index is 636. The highest BCUT2D eigenvalue weighted by atomic mass is 15.4. The summed E-state index contributed by atoms with van der Waals surface area (Å²) in [6.07, 6.45) is 6.42. The number of hydrogen-bond donors (Lipinski definition) is 1. The van der Waals surface area contributed by atoms with Crippen LogP contribution in [0.4, 0.5) is 5.69 Å². The molecular formula is C17H23N5. The molecule has 2 aliphatic rings. The molecule has 1 aromatic heterocycles. The number of nitrogens with two attached hydrogens (primary N) is 1. The fourth-order valence-corrected chi connectivity index (χ4v) is 3.38. The van der Waals surface area contributed by atoms with Gasteiger partial charge in [0.1, 0.15) is 5.69 Å². The number of nitrogens with zero attached hydrogens (tertiary/aromatic N) is 4. The average Bonchev–Trinajstić information content (AvgIpc) is 3.34. The van der Waals surface area contributed by atoms with Crippen molar-refractivity contribution in [2.24, 2.45) is 5.73 Å². The molecule has 4 rings (SSSR count). The third kappa shape index (κ3) is 2.50. The molecule has 0 unspecified atom stereocenters. The Hall–Kier alpha value is -1.88. The summed E-state index contributed by atoms with van der Waals surface area (Å²) in [4.78, 5) is 2.47. The van der Waals surface area contributed by atoms with Crippen molar-refractivity contribution in [2.45, 2.75) is 44.6 Å². The fraction of sp³-hybridized carbons (Fsp3) is 0.529. The molecule has 0 spiro atoms. The fourth-order valence-electron chi connectivity index (χ4n) is 3.38. The molecule has 1 saturated carbocycles. The Morgan fingerprint density at radius 2 is 1.68 bits per heavy atom. The summed E-state index contributed by atoms with van der Waals surface area (Å²) in [7, 11) is 0. The third-order valence-electron chi connectivity index (χ3n) is 4.75. The van der Waals surface area contributed by atoms with E-state index >= 15 is 0 Å². The van der Waals surface area contributed by atoms with Gasteiger partial charge in [-0.2, -0.15) is 0 Å². The standard InChI is InChI=1S/C17H23N5/c18-12-16-17(13-4-5-13)22(20-19-16)15-8-6-14(7-9-15)21-10-2-1-3-11-21/h6-9,13H,1-5,10-12,18H2. The van der Waals surface area contributed by atoms with Crippen LogP contribution in [0.2, 0.25) is 0 Å². The minimum atomic E-state index is 0.470. The molecule has 0 radical (unpaired) electrons. The summed E-state index contributed by atoms with van der Waals surface area (Å²) in [5.41, 5.74) is 10.4. The molecule has 2 heterocycles. The number of benzene rings is 1. The van der Waals surface area contributed by atoms with E-state index in [4.69, 9.17) is 5.73 Å². The summed E-state index contributed by atoms with van der Waals surface area (Å²) in [6, 6.07) is 8.73. The number of anilines is 1. The summed E-state index contributed by atoms with van der Waals surface area (Å²) >= 11 is 0. The van der Waals surface area contributed by atoms with Gasteiger partial charge in [0.05, 0.1) is 11.4 Å². The molecule has 5 heteroatoms. The van der Waals surface area contributed by atoms with E-state index in [1.165, 1.54) is 56.6 Å². The lowest BCUT2D eigenvalue weighted by Crippen LogP contribution is -2.29. The van der Waals surface area contributed by atoms with Crippen molar-refractivity contribution in [3.8, 4) is 5.69 Å². The van der Waals surface area contributed by atoms with Crippen LogP contribution in [0, 0.1) is 0 Å². The van der Waals surface area contributed by atoms with E-state index in [-0.39, 0.29) is 0 Å². The van der Waals surface area contributed by atoms with Crippen molar-refractivity contribution in [3.05, 3.63) is 35.7 Å². The topological polar surface area (TPSA) is 60.0 Å². The van der Waals surface area contributed by atoms with Crippen molar-refractivity contribution in [1.29, 1.82) is 0 Å². The quantitative estimate of drug-likeness (QED) is 0.942. The minimum Gasteiger partial charge on any atom is -0.372 e. The van der Waals surface area contributed by atoms with E-state index in [2.05, 4.69) is 39.5 Å². The minimum absolute atomic E-state index is 0.470. The average molecular weight is 297 g/mol. The Balaban J connectivity index is 1.62. The van der Waals surface area contributed by atoms with Crippen molar-refractivity contribution < 1.29 is 0 Å². The zero-order valence-corrected chi connectivity index (χ0v) is 12.9. The maximum absolute atomic E-state index is 5.81. The Morgan fingerprint density at radius 3 is 2.32 bits per heavy atom. The number of aromatic nitrogens is 3. The summed E-state index contributed by atoms with van der Waals surface area (Å²) in [5, 5.41) is 8.60. The van der Waals surface area contributed by atoms with Gasteiger partial charge in [0.2, 0.25) is 0 Å². The third-order valence-corrected chi connectivity index (χ3v) is 4.75. The van der Waals surface area contributed by atoms with Gasteiger partial charge in [0.25, 0.3) is 0 Å². The van der Waals surface area contributed by atoms with Crippen LogP contribution in [-0.2, 0) is 6.54 Å². The molecule has 1 aliphatic carbocycles. The van der Waals surface area contributed by atoms with Crippen molar-refractivity contribution >= 4 is 5.69 Å². The first kappa shape index (κ1) is 13.8. The van der Waals surface area contributed by atoms with Crippen LogP contribution < -0.4 is 10.6 Å². The number of hydrogen-bond acceptors (Lipinski definition) is 4. The van der Waals surface area contributed by atoms with Crippen LogP contribution in [0.1, 0.15) is 49.4 Å². The highest BCUT2D eigenvalue weighted by Gasteiger charge is 2.31. The molecule has 0 atom stereocenters. The molecule has 1 saturated heterocycles. The molecule has 22 heavy (non-hydrogen) atoms. The van der Waals surface area contributed by atoms with E-state index in [0.717, 1.165) is 11.4 Å². The van der Waals surface area contributed by atoms with Gasteiger partial charge in [-0.1, -0.05) is 5.21 Å². The second kappa shape index (κ2) is 5.72. The van der Waals surface area contributed by atoms with E-state index in [1.807, 2.05) is 4.68 Å². The molecule has 0 amide bonds. The van der Waals surface area contributed by atoms with Gasteiger partial charge < -0.3 is 10.6 Å². The lowest BCUT2D eigenvalue weighted by molar-refractivity contribution is 0.578. The van der Waals surface area contributed by atoms with Crippen LogP contribution in [0.3, 0.4) is 0 Å². The van der Waals surface area contributed by atoms with Gasteiger partial charge in [-0.3, -0.25) is 0 Å². The van der Waals surface area contributed by atoms with Crippen LogP contribution >= 0.6 is 0 Å². The van der Waals surface area contributed by atoms with Crippen LogP contribution in [-0.4, -0.2) is 28.1 Å². The highest BCUT2D eigenvalue weighted by Crippen LogP contribution is 2.41. The predicted octanol–water partition coefficient (Wildman–Crippen LogP) is 2.59. The molecule has 0 bridgehead atoms. The van der Waals surface area contributed by atoms with E-state index in [0.29, 0.717) is 12.5 Å². The first-order chi connectivity index (χ1) is 10.9. The molecule has 1 aliphatic heterocycles. The summed E-state index contributed by atoms with van der Waals surface area (Å²) < 4.78 is 1.99. The summed E-state index contributed by atoms with van der Waals surface area (Å²) in [6.45, 7) is 2.82. The molecule has 1 aromatic carbocycles. The van der Waals surface area contributed by atoms with Gasteiger partial charge in [0, 0.05) is 31.2 Å². The highest BCUT2D eigenvalue weighted by molar-refractivity contribution is 5.51. The lowest BCUT2D eigenvalue weighted by Gasteiger charge is -2.28. The molecule has 2 aromatic rings. The van der Waals surface area contributed by atoms with Crippen molar-refractivity contribution in [2.75, 3.05) is 18.0 Å². The smallest absolute Gasteiger partial charge is 0.100 e. The maximum Gasteiger partial charge on any atom is 0.100 e. The number of rotatable bonds is 4.